The van der Waals surface area contributed by atoms with Crippen LogP contribution in [0.5, 0.6) is 17.4 Å². The van der Waals surface area contributed by atoms with Crippen molar-refractivity contribution in [3.05, 3.63) is 59.8 Å². The monoisotopic (exact) mass is 473 g/mol. The second kappa shape index (κ2) is 9.30. The van der Waals surface area contributed by atoms with E-state index < -0.39 is 41.4 Å². The van der Waals surface area contributed by atoms with Crippen molar-refractivity contribution in [2.24, 2.45) is 0 Å². The summed E-state index contributed by atoms with van der Waals surface area (Å²) < 4.78 is 90.5. The molecule has 2 aromatic carbocycles. The highest BCUT2D eigenvalue weighted by atomic mass is 19.4. The maximum atomic E-state index is 13.0. The van der Waals surface area contributed by atoms with Crippen LogP contribution in [0.2, 0.25) is 0 Å². The van der Waals surface area contributed by atoms with E-state index in [1.165, 1.54) is 25.1 Å². The second-order valence-electron chi connectivity index (χ2n) is 6.21. The fourth-order valence-electron chi connectivity index (χ4n) is 2.51. The molecule has 1 heterocycles. The smallest absolute Gasteiger partial charge is 0.461 e. The van der Waals surface area contributed by atoms with Gasteiger partial charge in [0.2, 0.25) is 5.69 Å². The van der Waals surface area contributed by atoms with Crippen molar-refractivity contribution in [3.8, 4) is 28.8 Å². The Labute approximate surface area is 181 Å². The molecule has 0 fully saturated rings. The van der Waals surface area contributed by atoms with Gasteiger partial charge < -0.3 is 14.2 Å². The molecule has 0 saturated heterocycles. The molecule has 0 bridgehead atoms. The summed E-state index contributed by atoms with van der Waals surface area (Å²) in [5, 5.41) is 7.30. The van der Waals surface area contributed by atoms with Crippen LogP contribution >= 0.6 is 0 Å². The van der Waals surface area contributed by atoms with Crippen molar-refractivity contribution >= 4 is 5.97 Å². The number of aromatic nitrogens is 3. The molecule has 0 aliphatic carbocycles. The maximum absolute atomic E-state index is 13.0. The van der Waals surface area contributed by atoms with Gasteiger partial charge in [-0.15, -0.1) is 23.4 Å². The van der Waals surface area contributed by atoms with Gasteiger partial charge in [0.25, 0.3) is 5.88 Å². The SMILES string of the molecule is CCOC(=O)c1nnc(-c2cccc(C(F)(F)F)c2)nc1Oc1cccc(OC(F)(F)F)c1. The highest BCUT2D eigenvalue weighted by Gasteiger charge is 2.32. The van der Waals surface area contributed by atoms with Crippen molar-refractivity contribution in [3.63, 3.8) is 0 Å². The number of esters is 1. The molecular weight excluding hydrogens is 460 g/mol. The van der Waals surface area contributed by atoms with Crippen LogP contribution < -0.4 is 9.47 Å². The van der Waals surface area contributed by atoms with E-state index in [2.05, 4.69) is 19.9 Å². The molecule has 0 radical (unpaired) electrons. The molecule has 0 amide bonds. The average Bonchev–Trinajstić information content (AvgIpc) is 2.72. The lowest BCUT2D eigenvalue weighted by molar-refractivity contribution is -0.274. The van der Waals surface area contributed by atoms with Gasteiger partial charge in [0.1, 0.15) is 11.5 Å². The lowest BCUT2D eigenvalue weighted by Crippen LogP contribution is -2.17. The number of ether oxygens (including phenoxy) is 3. The summed E-state index contributed by atoms with van der Waals surface area (Å²) in [5.74, 6) is -2.71. The Morgan fingerprint density at radius 3 is 2.30 bits per heavy atom. The van der Waals surface area contributed by atoms with E-state index in [1.54, 1.807) is 0 Å². The van der Waals surface area contributed by atoms with Gasteiger partial charge in [-0.25, -0.2) is 4.79 Å². The van der Waals surface area contributed by atoms with Crippen LogP contribution in [-0.2, 0) is 10.9 Å². The lowest BCUT2D eigenvalue weighted by atomic mass is 10.1. The van der Waals surface area contributed by atoms with Gasteiger partial charge in [-0.3, -0.25) is 0 Å². The largest absolute Gasteiger partial charge is 0.573 e. The Morgan fingerprint density at radius 2 is 1.64 bits per heavy atom. The van der Waals surface area contributed by atoms with Crippen LogP contribution in [0.25, 0.3) is 11.4 Å². The summed E-state index contributed by atoms with van der Waals surface area (Å²) in [6, 6.07) is 8.31. The van der Waals surface area contributed by atoms with Crippen molar-refractivity contribution in [2.75, 3.05) is 6.61 Å². The van der Waals surface area contributed by atoms with Gasteiger partial charge >= 0.3 is 18.5 Å². The summed E-state index contributed by atoms with van der Waals surface area (Å²) in [6.07, 6.45) is -9.59. The molecule has 0 aliphatic rings. The molecule has 7 nitrogen and oxygen atoms in total. The Hall–Kier alpha value is -3.90. The minimum Gasteiger partial charge on any atom is -0.461 e. The molecular formula is C20H13F6N3O4. The van der Waals surface area contributed by atoms with Crippen LogP contribution in [0.15, 0.2) is 48.5 Å². The van der Waals surface area contributed by atoms with Gasteiger partial charge in [-0.05, 0) is 31.2 Å². The summed E-state index contributed by atoms with van der Waals surface area (Å²) in [4.78, 5) is 16.1. The van der Waals surface area contributed by atoms with Crippen molar-refractivity contribution in [1.82, 2.24) is 15.2 Å². The quantitative estimate of drug-likeness (QED) is 0.349. The van der Waals surface area contributed by atoms with E-state index in [1.807, 2.05) is 0 Å². The maximum Gasteiger partial charge on any atom is 0.573 e. The molecule has 3 rings (SSSR count). The molecule has 3 aromatic rings. The highest BCUT2D eigenvalue weighted by Crippen LogP contribution is 2.33. The standard InChI is InChI=1S/C20H13F6N3O4/c1-2-31-18(30)15-17(32-13-7-4-8-14(10-13)33-20(24,25)26)27-16(29-28-15)11-5-3-6-12(9-11)19(21,22)23/h3-10H,2H2,1H3. The van der Waals surface area contributed by atoms with Gasteiger partial charge in [0, 0.05) is 11.6 Å². The van der Waals surface area contributed by atoms with E-state index in [-0.39, 0.29) is 23.7 Å². The van der Waals surface area contributed by atoms with Crippen LogP contribution in [0, 0.1) is 0 Å². The first-order valence-electron chi connectivity index (χ1n) is 9.09. The number of hydrogen-bond donors (Lipinski definition) is 0. The summed E-state index contributed by atoms with van der Waals surface area (Å²) in [7, 11) is 0. The number of benzene rings is 2. The first kappa shape index (κ1) is 23.8. The van der Waals surface area contributed by atoms with Crippen LogP contribution in [-0.4, -0.2) is 34.1 Å². The Kier molecular flexibility index (Phi) is 6.70. The third-order valence-corrected chi connectivity index (χ3v) is 3.83. The Morgan fingerprint density at radius 1 is 0.939 bits per heavy atom. The van der Waals surface area contributed by atoms with Gasteiger partial charge in [-0.1, -0.05) is 18.2 Å². The zero-order valence-electron chi connectivity index (χ0n) is 16.6. The molecule has 33 heavy (non-hydrogen) atoms. The van der Waals surface area contributed by atoms with E-state index >= 15 is 0 Å². The number of alkyl halides is 6. The number of rotatable bonds is 6. The van der Waals surface area contributed by atoms with Gasteiger partial charge in [0.15, 0.2) is 5.82 Å². The fraction of sp³-hybridized carbons (Fsp3) is 0.200. The summed E-state index contributed by atoms with van der Waals surface area (Å²) in [6.45, 7) is 1.46. The normalized spacial score (nSPS) is 11.7. The molecule has 0 saturated carbocycles. The van der Waals surface area contributed by atoms with E-state index in [0.29, 0.717) is 0 Å². The first-order chi connectivity index (χ1) is 15.5. The van der Waals surface area contributed by atoms with E-state index in [9.17, 15) is 31.1 Å². The predicted molar refractivity (Wildman–Crippen MR) is 99.4 cm³/mol. The lowest BCUT2D eigenvalue weighted by Gasteiger charge is -2.12. The summed E-state index contributed by atoms with van der Waals surface area (Å²) in [5.41, 5.74) is -1.60. The topological polar surface area (TPSA) is 83.4 Å². The molecule has 0 spiro atoms. The van der Waals surface area contributed by atoms with Crippen LogP contribution in [0.4, 0.5) is 26.3 Å². The molecule has 0 unspecified atom stereocenters. The Bertz CT molecular complexity index is 1150. The number of carbonyl (C=O) groups is 1. The number of hydrogen-bond acceptors (Lipinski definition) is 7. The minimum absolute atomic E-state index is 0.0513. The van der Waals surface area contributed by atoms with Crippen molar-refractivity contribution < 1.29 is 45.3 Å². The molecule has 0 N–H and O–H groups in total. The Balaban J connectivity index is 2.02. The van der Waals surface area contributed by atoms with Crippen molar-refractivity contribution in [1.29, 1.82) is 0 Å². The predicted octanol–water partition coefficient (Wildman–Crippen LogP) is 5.43. The minimum atomic E-state index is -4.96. The summed E-state index contributed by atoms with van der Waals surface area (Å²) >= 11 is 0. The van der Waals surface area contributed by atoms with Gasteiger partial charge in [-0.2, -0.15) is 18.2 Å². The van der Waals surface area contributed by atoms with Gasteiger partial charge in [0.05, 0.1) is 12.2 Å². The van der Waals surface area contributed by atoms with E-state index in [0.717, 1.165) is 30.3 Å². The number of halogens is 6. The van der Waals surface area contributed by atoms with Crippen molar-refractivity contribution in [2.45, 2.75) is 19.5 Å². The molecule has 0 atom stereocenters. The third kappa shape index (κ3) is 6.30. The third-order valence-electron chi connectivity index (χ3n) is 3.83. The van der Waals surface area contributed by atoms with E-state index in [4.69, 9.17) is 9.47 Å². The average molecular weight is 473 g/mol. The molecule has 0 aliphatic heterocycles. The van der Waals surface area contributed by atoms with Crippen LogP contribution in [0.3, 0.4) is 0 Å². The molecule has 1 aromatic heterocycles. The molecule has 13 heteroatoms. The number of carbonyl (C=O) groups excluding carboxylic acids is 1. The second-order valence-corrected chi connectivity index (χ2v) is 6.21. The first-order valence-corrected chi connectivity index (χ1v) is 9.09. The highest BCUT2D eigenvalue weighted by molar-refractivity contribution is 5.89. The molecule has 174 valence electrons. The van der Waals surface area contributed by atoms with Crippen LogP contribution in [0.1, 0.15) is 23.0 Å². The number of nitrogens with zero attached hydrogens (tertiary/aromatic N) is 3. The zero-order chi connectivity index (χ0) is 24.2. The zero-order valence-corrected chi connectivity index (χ0v) is 16.6. The fourth-order valence-corrected chi connectivity index (χ4v) is 2.51.